The topological polar surface area (TPSA) is 77.8 Å². The lowest BCUT2D eigenvalue weighted by Crippen LogP contribution is -2.28. The van der Waals surface area contributed by atoms with Crippen LogP contribution in [0.2, 0.25) is 0 Å². The summed E-state index contributed by atoms with van der Waals surface area (Å²) in [5, 5.41) is 26.1. The summed E-state index contributed by atoms with van der Waals surface area (Å²) < 4.78 is 0. The Kier molecular flexibility index (Phi) is 3.68. The first-order valence-electron chi connectivity index (χ1n) is 2.80. The molecule has 0 saturated carbocycles. The zero-order valence-electron chi connectivity index (χ0n) is 5.56. The molecule has 0 aliphatic rings. The first kappa shape index (κ1) is 9.13. The predicted molar refractivity (Wildman–Crippen MR) is 34.5 cm³/mol. The SMILES string of the molecule is CC=C(O)C(O)C(O)C=O. The molecule has 2 atom stereocenters. The molecule has 0 rings (SSSR count). The summed E-state index contributed by atoms with van der Waals surface area (Å²) in [5.74, 6) is -0.403. The molecule has 0 aliphatic heterocycles. The number of carbonyl (C=O) groups excluding carboxylic acids is 1. The van der Waals surface area contributed by atoms with Crippen molar-refractivity contribution >= 4 is 6.29 Å². The summed E-state index contributed by atoms with van der Waals surface area (Å²) in [6.45, 7) is 1.48. The number of carbonyl (C=O) groups is 1. The highest BCUT2D eigenvalue weighted by molar-refractivity contribution is 5.57. The summed E-state index contributed by atoms with van der Waals surface area (Å²) in [4.78, 5) is 9.82. The van der Waals surface area contributed by atoms with Crippen LogP contribution in [0.15, 0.2) is 11.8 Å². The minimum Gasteiger partial charge on any atom is -0.510 e. The highest BCUT2D eigenvalue weighted by Gasteiger charge is 2.18. The van der Waals surface area contributed by atoms with Gasteiger partial charge in [0.15, 0.2) is 6.29 Å². The van der Waals surface area contributed by atoms with Crippen molar-refractivity contribution in [2.75, 3.05) is 0 Å². The van der Waals surface area contributed by atoms with Crippen LogP contribution in [0, 0.1) is 0 Å². The van der Waals surface area contributed by atoms with Gasteiger partial charge in [-0.2, -0.15) is 0 Å². The molecule has 4 nitrogen and oxygen atoms in total. The molecule has 0 amide bonds. The maximum atomic E-state index is 9.82. The fourth-order valence-corrected chi connectivity index (χ4v) is 0.420. The quantitative estimate of drug-likeness (QED) is 0.366. The van der Waals surface area contributed by atoms with E-state index in [1.807, 2.05) is 0 Å². The second-order valence-corrected chi connectivity index (χ2v) is 1.79. The van der Waals surface area contributed by atoms with Crippen molar-refractivity contribution in [2.45, 2.75) is 19.1 Å². The van der Waals surface area contributed by atoms with Gasteiger partial charge in [0, 0.05) is 0 Å². The smallest absolute Gasteiger partial charge is 0.151 e. The average molecular weight is 146 g/mol. The lowest BCUT2D eigenvalue weighted by Gasteiger charge is -2.10. The minimum atomic E-state index is -1.55. The summed E-state index contributed by atoms with van der Waals surface area (Å²) in [5.41, 5.74) is 0. The molecule has 58 valence electrons. The van der Waals surface area contributed by atoms with Crippen LogP contribution >= 0.6 is 0 Å². The summed E-state index contributed by atoms with van der Waals surface area (Å²) >= 11 is 0. The maximum Gasteiger partial charge on any atom is 0.151 e. The highest BCUT2D eigenvalue weighted by Crippen LogP contribution is 2.00. The van der Waals surface area contributed by atoms with Crippen molar-refractivity contribution in [1.82, 2.24) is 0 Å². The van der Waals surface area contributed by atoms with Crippen LogP contribution in [-0.4, -0.2) is 33.8 Å². The summed E-state index contributed by atoms with van der Waals surface area (Å²) in [6, 6.07) is 0. The number of aliphatic hydroxyl groups excluding tert-OH is 3. The molecule has 3 N–H and O–H groups in total. The fourth-order valence-electron chi connectivity index (χ4n) is 0.420. The molecule has 0 aliphatic carbocycles. The lowest BCUT2D eigenvalue weighted by atomic mass is 10.2. The normalized spacial score (nSPS) is 18.1. The fraction of sp³-hybridized carbons (Fsp3) is 0.500. The van der Waals surface area contributed by atoms with Gasteiger partial charge in [0.05, 0.1) is 0 Å². The van der Waals surface area contributed by atoms with Gasteiger partial charge in [0.2, 0.25) is 0 Å². The molecule has 0 radical (unpaired) electrons. The van der Waals surface area contributed by atoms with Gasteiger partial charge >= 0.3 is 0 Å². The Morgan fingerprint density at radius 1 is 1.50 bits per heavy atom. The van der Waals surface area contributed by atoms with Crippen LogP contribution in [0.4, 0.5) is 0 Å². The van der Waals surface area contributed by atoms with E-state index in [9.17, 15) is 4.79 Å². The van der Waals surface area contributed by atoms with Gasteiger partial charge in [-0.25, -0.2) is 0 Å². The third kappa shape index (κ3) is 2.16. The molecule has 0 saturated heterocycles. The van der Waals surface area contributed by atoms with E-state index in [1.54, 1.807) is 0 Å². The van der Waals surface area contributed by atoms with E-state index in [-0.39, 0.29) is 6.29 Å². The van der Waals surface area contributed by atoms with Crippen molar-refractivity contribution in [3.05, 3.63) is 11.8 Å². The number of rotatable bonds is 3. The van der Waals surface area contributed by atoms with E-state index < -0.39 is 18.0 Å². The van der Waals surface area contributed by atoms with Crippen LogP contribution in [-0.2, 0) is 4.79 Å². The van der Waals surface area contributed by atoms with Crippen LogP contribution in [0.5, 0.6) is 0 Å². The first-order chi connectivity index (χ1) is 4.63. The van der Waals surface area contributed by atoms with E-state index >= 15 is 0 Å². The van der Waals surface area contributed by atoms with E-state index in [4.69, 9.17) is 15.3 Å². The predicted octanol–water partition coefficient (Wildman–Crippen LogP) is -0.631. The molecule has 0 fully saturated rings. The van der Waals surface area contributed by atoms with Crippen LogP contribution in [0.1, 0.15) is 6.92 Å². The van der Waals surface area contributed by atoms with Gasteiger partial charge in [0.1, 0.15) is 18.0 Å². The Morgan fingerprint density at radius 3 is 2.30 bits per heavy atom. The summed E-state index contributed by atoms with van der Waals surface area (Å²) in [6.07, 6.45) is -1.68. The second kappa shape index (κ2) is 4.03. The number of allylic oxidation sites excluding steroid dienone is 1. The van der Waals surface area contributed by atoms with E-state index in [2.05, 4.69) is 0 Å². The average Bonchev–Trinajstić information content (AvgIpc) is 2.00. The molecular weight excluding hydrogens is 136 g/mol. The molecule has 0 spiro atoms. The van der Waals surface area contributed by atoms with Crippen LogP contribution in [0.25, 0.3) is 0 Å². The van der Waals surface area contributed by atoms with E-state index in [0.29, 0.717) is 0 Å². The monoisotopic (exact) mass is 146 g/mol. The van der Waals surface area contributed by atoms with Crippen molar-refractivity contribution in [2.24, 2.45) is 0 Å². The van der Waals surface area contributed by atoms with Crippen molar-refractivity contribution < 1.29 is 20.1 Å². The third-order valence-corrected chi connectivity index (χ3v) is 1.06. The van der Waals surface area contributed by atoms with E-state index in [0.717, 1.165) is 0 Å². The molecule has 4 heteroatoms. The van der Waals surface area contributed by atoms with Gasteiger partial charge in [-0.05, 0) is 13.0 Å². The maximum absolute atomic E-state index is 9.82. The Morgan fingerprint density at radius 2 is 2.00 bits per heavy atom. The number of aldehydes is 1. The van der Waals surface area contributed by atoms with Crippen molar-refractivity contribution in [3.8, 4) is 0 Å². The van der Waals surface area contributed by atoms with Gasteiger partial charge < -0.3 is 20.1 Å². The number of hydrogen-bond acceptors (Lipinski definition) is 4. The van der Waals surface area contributed by atoms with Gasteiger partial charge in [0.25, 0.3) is 0 Å². The highest BCUT2D eigenvalue weighted by atomic mass is 16.4. The summed E-state index contributed by atoms with van der Waals surface area (Å²) in [7, 11) is 0. The number of aliphatic hydroxyl groups is 3. The molecular formula is C6H10O4. The van der Waals surface area contributed by atoms with Crippen LogP contribution < -0.4 is 0 Å². The Balaban J connectivity index is 4.06. The van der Waals surface area contributed by atoms with Crippen molar-refractivity contribution in [1.29, 1.82) is 0 Å². The zero-order chi connectivity index (χ0) is 8.15. The molecule has 10 heavy (non-hydrogen) atoms. The molecule has 0 aromatic rings. The molecule has 0 aromatic carbocycles. The number of hydrogen-bond donors (Lipinski definition) is 3. The minimum absolute atomic E-state index is 0.157. The van der Waals surface area contributed by atoms with Gasteiger partial charge in [-0.3, -0.25) is 0 Å². The largest absolute Gasteiger partial charge is 0.510 e. The Hall–Kier alpha value is -0.870. The molecule has 2 unspecified atom stereocenters. The first-order valence-corrected chi connectivity index (χ1v) is 2.80. The van der Waals surface area contributed by atoms with Gasteiger partial charge in [-0.15, -0.1) is 0 Å². The molecule has 0 aromatic heterocycles. The van der Waals surface area contributed by atoms with Crippen molar-refractivity contribution in [3.63, 3.8) is 0 Å². The van der Waals surface area contributed by atoms with E-state index in [1.165, 1.54) is 13.0 Å². The Bertz CT molecular complexity index is 141. The van der Waals surface area contributed by atoms with Gasteiger partial charge in [-0.1, -0.05) is 0 Å². The van der Waals surface area contributed by atoms with Crippen LogP contribution in [0.3, 0.4) is 0 Å². The zero-order valence-corrected chi connectivity index (χ0v) is 5.56. The lowest BCUT2D eigenvalue weighted by molar-refractivity contribution is -0.119. The standard InChI is InChI=1S/C6H10O4/c1-2-4(8)6(10)5(9)3-7/h2-3,5-6,8-10H,1H3. The Labute approximate surface area is 58.4 Å². The second-order valence-electron chi connectivity index (χ2n) is 1.79. The molecule has 0 bridgehead atoms. The third-order valence-electron chi connectivity index (χ3n) is 1.06. The molecule has 0 heterocycles.